The van der Waals surface area contributed by atoms with E-state index in [4.69, 9.17) is 14.4 Å². The van der Waals surface area contributed by atoms with Gasteiger partial charge in [-0.3, -0.25) is 0 Å². The molecular formula is C7H8BBrO3. The quantitative estimate of drug-likeness (QED) is 0.791. The Labute approximate surface area is 79.7 Å². The first-order valence-electron chi connectivity index (χ1n) is 3.35. The van der Waals surface area contributed by atoms with E-state index < -0.39 is 0 Å². The summed E-state index contributed by atoms with van der Waals surface area (Å²) in [5.41, 5.74) is 0. The maximum Gasteiger partial charge on any atom is 0.504 e. The van der Waals surface area contributed by atoms with Gasteiger partial charge in [0.25, 0.3) is 0 Å². The maximum atomic E-state index is 8.52. The highest BCUT2D eigenvalue weighted by Gasteiger charge is 2.02. The summed E-state index contributed by atoms with van der Waals surface area (Å²) in [5, 5.41) is 8.52. The van der Waals surface area contributed by atoms with E-state index in [1.54, 1.807) is 25.3 Å². The first kappa shape index (κ1) is 9.41. The lowest BCUT2D eigenvalue weighted by atomic mass is 10.3. The van der Waals surface area contributed by atoms with Crippen molar-refractivity contribution in [2.75, 3.05) is 7.11 Å². The van der Waals surface area contributed by atoms with Crippen molar-refractivity contribution in [2.24, 2.45) is 0 Å². The molecule has 0 amide bonds. The molecule has 1 rings (SSSR count). The average molecular weight is 231 g/mol. The smallest absolute Gasteiger partial charge is 0.504 e. The second-order valence-corrected chi connectivity index (χ2v) is 2.92. The Morgan fingerprint density at radius 3 is 2.83 bits per heavy atom. The minimum absolute atomic E-state index is 0.342. The highest BCUT2D eigenvalue weighted by molar-refractivity contribution is 9.10. The Balaban J connectivity index is 2.91. The molecule has 0 aliphatic heterocycles. The van der Waals surface area contributed by atoms with Crippen molar-refractivity contribution in [1.29, 1.82) is 0 Å². The Morgan fingerprint density at radius 1 is 1.50 bits per heavy atom. The lowest BCUT2D eigenvalue weighted by Crippen LogP contribution is -2.00. The lowest BCUT2D eigenvalue weighted by Gasteiger charge is -2.06. The van der Waals surface area contributed by atoms with Gasteiger partial charge in [-0.2, -0.15) is 0 Å². The van der Waals surface area contributed by atoms with Gasteiger partial charge >= 0.3 is 7.69 Å². The van der Waals surface area contributed by atoms with Gasteiger partial charge in [-0.05, 0) is 28.1 Å². The van der Waals surface area contributed by atoms with Crippen LogP contribution >= 0.6 is 15.9 Å². The van der Waals surface area contributed by atoms with E-state index in [9.17, 15) is 0 Å². The molecule has 1 aromatic carbocycles. The summed E-state index contributed by atoms with van der Waals surface area (Å²) >= 11 is 3.27. The van der Waals surface area contributed by atoms with Crippen molar-refractivity contribution in [3.63, 3.8) is 0 Å². The Kier molecular flexibility index (Phi) is 3.43. The van der Waals surface area contributed by atoms with E-state index in [0.717, 1.165) is 4.47 Å². The third-order valence-electron chi connectivity index (χ3n) is 1.36. The van der Waals surface area contributed by atoms with Crippen LogP contribution in [-0.4, -0.2) is 19.8 Å². The molecule has 0 saturated carbocycles. The predicted molar refractivity (Wildman–Crippen MR) is 50.7 cm³/mol. The van der Waals surface area contributed by atoms with Crippen LogP contribution in [0.1, 0.15) is 0 Å². The van der Waals surface area contributed by atoms with Crippen LogP contribution in [0.25, 0.3) is 0 Å². The van der Waals surface area contributed by atoms with Gasteiger partial charge in [0.05, 0.1) is 11.6 Å². The van der Waals surface area contributed by atoms with Gasteiger partial charge in [0.1, 0.15) is 11.5 Å². The van der Waals surface area contributed by atoms with Crippen LogP contribution in [0, 0.1) is 0 Å². The molecule has 0 aliphatic rings. The molecule has 0 bridgehead atoms. The fourth-order valence-electron chi connectivity index (χ4n) is 0.791. The minimum Gasteiger partial charge on any atom is -0.538 e. The first-order chi connectivity index (χ1) is 5.77. The summed E-state index contributed by atoms with van der Waals surface area (Å²) < 4.78 is 10.7. The molecule has 0 radical (unpaired) electrons. The number of hydrogen-bond acceptors (Lipinski definition) is 3. The second kappa shape index (κ2) is 4.38. The average Bonchev–Trinajstić information content (AvgIpc) is 2.09. The molecule has 0 fully saturated rings. The monoisotopic (exact) mass is 230 g/mol. The number of rotatable bonds is 3. The van der Waals surface area contributed by atoms with Crippen LogP contribution in [-0.2, 0) is 0 Å². The van der Waals surface area contributed by atoms with Crippen LogP contribution in [0.4, 0.5) is 0 Å². The fourth-order valence-corrected chi connectivity index (χ4v) is 1.15. The molecule has 0 atom stereocenters. The van der Waals surface area contributed by atoms with Gasteiger partial charge < -0.3 is 14.4 Å². The largest absolute Gasteiger partial charge is 0.538 e. The van der Waals surface area contributed by atoms with Gasteiger partial charge in [0.15, 0.2) is 0 Å². The zero-order chi connectivity index (χ0) is 8.97. The Hall–Kier alpha value is -0.675. The normalized spacial score (nSPS) is 9.25. The van der Waals surface area contributed by atoms with Crippen molar-refractivity contribution in [1.82, 2.24) is 0 Å². The molecular weight excluding hydrogens is 223 g/mol. The number of ether oxygens (including phenoxy) is 1. The number of hydrogen-bond donors (Lipinski definition) is 1. The summed E-state index contributed by atoms with van der Waals surface area (Å²) in [5.74, 6) is 1.26. The summed E-state index contributed by atoms with van der Waals surface area (Å²) in [6.45, 7) is 0. The zero-order valence-corrected chi connectivity index (χ0v) is 8.17. The molecule has 5 heteroatoms. The summed E-state index contributed by atoms with van der Waals surface area (Å²) in [7, 11) is 1.23. The molecule has 0 aliphatic carbocycles. The minimum atomic E-state index is -0.342. The van der Waals surface area contributed by atoms with Gasteiger partial charge in [0, 0.05) is 6.07 Å². The Morgan fingerprint density at radius 2 is 2.25 bits per heavy atom. The van der Waals surface area contributed by atoms with Crippen molar-refractivity contribution in [3.8, 4) is 11.5 Å². The Bertz CT molecular complexity index is 267. The van der Waals surface area contributed by atoms with Crippen LogP contribution in [0.5, 0.6) is 11.5 Å². The van der Waals surface area contributed by atoms with Gasteiger partial charge in [-0.1, -0.05) is 0 Å². The van der Waals surface area contributed by atoms with E-state index in [0.29, 0.717) is 11.5 Å². The third kappa shape index (κ3) is 2.15. The van der Waals surface area contributed by atoms with E-state index >= 15 is 0 Å². The van der Waals surface area contributed by atoms with Crippen molar-refractivity contribution in [2.45, 2.75) is 0 Å². The highest BCUT2D eigenvalue weighted by atomic mass is 79.9. The molecule has 3 nitrogen and oxygen atoms in total. The van der Waals surface area contributed by atoms with Crippen LogP contribution in [0.15, 0.2) is 22.7 Å². The number of halogens is 1. The summed E-state index contributed by atoms with van der Waals surface area (Å²) in [6.07, 6.45) is 0. The topological polar surface area (TPSA) is 38.7 Å². The zero-order valence-electron chi connectivity index (χ0n) is 6.58. The summed E-state index contributed by atoms with van der Waals surface area (Å²) in [6, 6.07) is 5.29. The van der Waals surface area contributed by atoms with Crippen molar-refractivity contribution >= 4 is 23.6 Å². The standard InChI is InChI=1S/C7H8BBrO3/c1-11-5-2-3-6(9)7(4-5)12-8-10/h2-4,8,10H,1H3. The van der Waals surface area contributed by atoms with E-state index in [2.05, 4.69) is 15.9 Å². The van der Waals surface area contributed by atoms with Crippen LogP contribution in [0.3, 0.4) is 0 Å². The molecule has 0 heterocycles. The highest BCUT2D eigenvalue weighted by Crippen LogP contribution is 2.28. The van der Waals surface area contributed by atoms with Gasteiger partial charge in [0.2, 0.25) is 0 Å². The van der Waals surface area contributed by atoms with Crippen molar-refractivity contribution in [3.05, 3.63) is 22.7 Å². The van der Waals surface area contributed by atoms with E-state index in [1.807, 2.05) is 0 Å². The van der Waals surface area contributed by atoms with Crippen LogP contribution < -0.4 is 9.39 Å². The SMILES string of the molecule is COc1ccc(Br)c(OBO)c1. The molecule has 0 aromatic heterocycles. The molecule has 64 valence electrons. The maximum absolute atomic E-state index is 8.52. The van der Waals surface area contributed by atoms with Gasteiger partial charge in [-0.15, -0.1) is 0 Å². The third-order valence-corrected chi connectivity index (χ3v) is 2.01. The fraction of sp³-hybridized carbons (Fsp3) is 0.143. The lowest BCUT2D eigenvalue weighted by molar-refractivity contribution is 0.408. The molecule has 0 saturated heterocycles. The second-order valence-electron chi connectivity index (χ2n) is 2.07. The number of methoxy groups -OCH3 is 1. The first-order valence-corrected chi connectivity index (χ1v) is 4.14. The number of benzene rings is 1. The molecule has 12 heavy (non-hydrogen) atoms. The van der Waals surface area contributed by atoms with Crippen molar-refractivity contribution < 1.29 is 14.4 Å². The summed E-state index contributed by atoms with van der Waals surface area (Å²) in [4.78, 5) is 0. The van der Waals surface area contributed by atoms with Crippen LogP contribution in [0.2, 0.25) is 0 Å². The van der Waals surface area contributed by atoms with Gasteiger partial charge in [-0.25, -0.2) is 0 Å². The van der Waals surface area contributed by atoms with E-state index in [-0.39, 0.29) is 7.69 Å². The molecule has 1 N–H and O–H groups in total. The molecule has 1 aromatic rings. The predicted octanol–water partition coefficient (Wildman–Crippen LogP) is 1.10. The molecule has 0 spiro atoms. The molecule has 0 unspecified atom stereocenters. The van der Waals surface area contributed by atoms with E-state index in [1.165, 1.54) is 0 Å².